The second-order valence-electron chi connectivity index (χ2n) is 11.1. The van der Waals surface area contributed by atoms with Gasteiger partial charge in [-0.05, 0) is 51.4 Å². The molecule has 0 saturated heterocycles. The standard InChI is InChI=1S/C24H52N.C4HF9O3S/c1-5-9-13-17-21-25(22-18-14-10-6-2,23-19-15-11-7-3)24-20-16-12-8-4;5-1(6,3(9,10)11)2(7,8)4(12,13)17(14,15)16/h5-24H2,1-4H3;(H,14,15,16)/q+1;/p-1. The van der Waals surface area contributed by atoms with Gasteiger partial charge in [-0.2, -0.15) is 39.5 Å². The van der Waals surface area contributed by atoms with Crippen molar-refractivity contribution in [3.8, 4) is 0 Å². The Hall–Kier alpha value is -0.760. The van der Waals surface area contributed by atoms with E-state index in [2.05, 4.69) is 27.7 Å². The molecule has 0 unspecified atom stereocenters. The number of nitrogens with zero attached hydrogens (tertiary/aromatic N) is 1. The lowest BCUT2D eigenvalue weighted by molar-refractivity contribution is -0.929. The number of rotatable bonds is 23. The summed E-state index contributed by atoms with van der Waals surface area (Å²) in [6.07, 6.45) is 15.7. The van der Waals surface area contributed by atoms with Crippen molar-refractivity contribution in [2.75, 3.05) is 26.2 Å². The molecule has 0 aromatic rings. The van der Waals surface area contributed by atoms with Crippen LogP contribution in [0.25, 0.3) is 0 Å². The Morgan fingerprint density at radius 2 is 0.738 bits per heavy atom. The van der Waals surface area contributed by atoms with Gasteiger partial charge in [-0.1, -0.05) is 79.1 Å². The van der Waals surface area contributed by atoms with Crippen LogP contribution in [0.5, 0.6) is 0 Å². The zero-order valence-electron chi connectivity index (χ0n) is 25.6. The first kappa shape index (κ1) is 43.4. The lowest BCUT2D eigenvalue weighted by atomic mass is 10.1. The summed E-state index contributed by atoms with van der Waals surface area (Å²) in [5.41, 5.74) is 0. The van der Waals surface area contributed by atoms with E-state index >= 15 is 0 Å². The minimum absolute atomic E-state index is 1.36. The van der Waals surface area contributed by atoms with Gasteiger partial charge in [0.25, 0.3) is 0 Å². The fraction of sp³-hybridized carbons (Fsp3) is 1.00. The first-order chi connectivity index (χ1) is 19.2. The first-order valence-corrected chi connectivity index (χ1v) is 16.7. The van der Waals surface area contributed by atoms with Crippen LogP contribution in [-0.4, -0.2) is 66.9 Å². The number of halogens is 9. The molecule has 0 rings (SSSR count). The van der Waals surface area contributed by atoms with E-state index in [9.17, 15) is 52.5 Å². The van der Waals surface area contributed by atoms with Gasteiger partial charge in [-0.3, -0.25) is 0 Å². The summed E-state index contributed by atoms with van der Waals surface area (Å²) in [4.78, 5) is 0. The van der Waals surface area contributed by atoms with E-state index in [-0.39, 0.29) is 0 Å². The summed E-state index contributed by atoms with van der Waals surface area (Å²) in [6.45, 7) is 15.2. The van der Waals surface area contributed by atoms with Crippen LogP contribution in [-0.2, 0) is 10.1 Å². The number of alkyl halides is 9. The fourth-order valence-corrected chi connectivity index (χ4v) is 5.13. The summed E-state index contributed by atoms with van der Waals surface area (Å²) in [7, 11) is -7.42. The monoisotopic (exact) mass is 653 g/mol. The molecule has 0 aliphatic rings. The van der Waals surface area contributed by atoms with Gasteiger partial charge in [0.2, 0.25) is 0 Å². The average molecular weight is 654 g/mol. The van der Waals surface area contributed by atoms with Gasteiger partial charge in [-0.15, -0.1) is 0 Å². The molecule has 0 saturated carbocycles. The third kappa shape index (κ3) is 14.3. The highest BCUT2D eigenvalue weighted by Gasteiger charge is 2.83. The van der Waals surface area contributed by atoms with E-state index in [0.29, 0.717) is 0 Å². The molecule has 4 nitrogen and oxygen atoms in total. The van der Waals surface area contributed by atoms with E-state index < -0.39 is 33.4 Å². The fourth-order valence-electron chi connectivity index (χ4n) is 4.68. The predicted molar refractivity (Wildman–Crippen MR) is 147 cm³/mol. The zero-order chi connectivity index (χ0) is 33.1. The van der Waals surface area contributed by atoms with Crippen LogP contribution in [0.15, 0.2) is 0 Å². The van der Waals surface area contributed by atoms with E-state index in [0.717, 1.165) is 0 Å². The molecule has 0 amide bonds. The molecule has 0 spiro atoms. The average Bonchev–Trinajstić information content (AvgIpc) is 2.88. The van der Waals surface area contributed by atoms with Crippen molar-refractivity contribution in [3.05, 3.63) is 0 Å². The summed E-state index contributed by atoms with van der Waals surface area (Å²) in [5.74, 6) is -14.8. The maximum Gasteiger partial charge on any atom is 0.460 e. The highest BCUT2D eigenvalue weighted by atomic mass is 32.2. The lowest BCUT2D eigenvalue weighted by Gasteiger charge is -2.39. The molecule has 42 heavy (non-hydrogen) atoms. The van der Waals surface area contributed by atoms with E-state index in [4.69, 9.17) is 0 Å². The summed E-state index contributed by atoms with van der Waals surface area (Å²) in [5, 5.41) is -7.11. The Morgan fingerprint density at radius 1 is 0.476 bits per heavy atom. The second kappa shape index (κ2) is 20.3. The third-order valence-electron chi connectivity index (χ3n) is 7.37. The van der Waals surface area contributed by atoms with Gasteiger partial charge in [0.05, 0.1) is 26.2 Å². The van der Waals surface area contributed by atoms with Crippen LogP contribution >= 0.6 is 0 Å². The van der Waals surface area contributed by atoms with Gasteiger partial charge in [-0.25, -0.2) is 8.42 Å². The molecular weight excluding hydrogens is 601 g/mol. The molecule has 0 aromatic carbocycles. The number of quaternary nitrogens is 1. The van der Waals surface area contributed by atoms with Gasteiger partial charge >= 0.3 is 23.3 Å². The predicted octanol–water partition coefficient (Wildman–Crippen LogP) is 10.1. The Labute approximate surface area is 247 Å². The minimum Gasteiger partial charge on any atom is -0.743 e. The molecule has 0 aliphatic carbocycles. The van der Waals surface area contributed by atoms with Crippen molar-refractivity contribution in [1.29, 1.82) is 0 Å². The van der Waals surface area contributed by atoms with Gasteiger partial charge in [0.15, 0.2) is 10.1 Å². The Balaban J connectivity index is 0. The molecule has 0 heterocycles. The molecule has 0 fully saturated rings. The van der Waals surface area contributed by atoms with E-state index in [1.807, 2.05) is 0 Å². The van der Waals surface area contributed by atoms with E-state index in [1.165, 1.54) is 133 Å². The van der Waals surface area contributed by atoms with Crippen LogP contribution in [0.3, 0.4) is 0 Å². The van der Waals surface area contributed by atoms with Gasteiger partial charge in [0, 0.05) is 0 Å². The van der Waals surface area contributed by atoms with Gasteiger partial charge < -0.3 is 9.04 Å². The largest absolute Gasteiger partial charge is 0.743 e. The highest BCUT2D eigenvalue weighted by Crippen LogP contribution is 2.54. The SMILES string of the molecule is CCCCCC[N+](CCCCCC)(CCCCCC)CCCCCC.O=S(=O)([O-])C(F)(F)C(F)(F)C(F)(F)C(F)(F)F. The zero-order valence-corrected chi connectivity index (χ0v) is 26.4. The quantitative estimate of drug-likeness (QED) is 0.0477. The summed E-state index contributed by atoms with van der Waals surface area (Å²) < 4.78 is 137. The van der Waals surface area contributed by atoms with Crippen molar-refractivity contribution < 1.29 is 57.0 Å². The van der Waals surface area contributed by atoms with Crippen LogP contribution in [0.2, 0.25) is 0 Å². The molecule has 0 aliphatic heterocycles. The molecule has 0 N–H and O–H groups in total. The molecule has 0 radical (unpaired) electrons. The molecule has 256 valence electrons. The van der Waals surface area contributed by atoms with Crippen LogP contribution < -0.4 is 0 Å². The summed E-state index contributed by atoms with van der Waals surface area (Å²) >= 11 is 0. The van der Waals surface area contributed by atoms with Crippen LogP contribution in [0, 0.1) is 0 Å². The highest BCUT2D eigenvalue weighted by molar-refractivity contribution is 7.86. The van der Waals surface area contributed by atoms with Crippen LogP contribution in [0.4, 0.5) is 39.5 Å². The molecule has 0 bridgehead atoms. The van der Waals surface area contributed by atoms with Crippen molar-refractivity contribution in [3.63, 3.8) is 0 Å². The number of hydrogen-bond donors (Lipinski definition) is 0. The van der Waals surface area contributed by atoms with Crippen molar-refractivity contribution in [2.45, 2.75) is 154 Å². The topological polar surface area (TPSA) is 57.2 Å². The van der Waals surface area contributed by atoms with Gasteiger partial charge in [0.1, 0.15) is 0 Å². The maximum atomic E-state index is 12.2. The lowest BCUT2D eigenvalue weighted by Crippen LogP contribution is -2.63. The second-order valence-corrected chi connectivity index (χ2v) is 12.5. The molecule has 14 heteroatoms. The summed E-state index contributed by atoms with van der Waals surface area (Å²) in [6, 6.07) is 0. The molecular formula is C28H52F9NO3S. The smallest absolute Gasteiger partial charge is 0.460 e. The third-order valence-corrected chi connectivity index (χ3v) is 8.26. The van der Waals surface area contributed by atoms with Crippen molar-refractivity contribution in [1.82, 2.24) is 0 Å². The van der Waals surface area contributed by atoms with Crippen molar-refractivity contribution >= 4 is 10.1 Å². The Bertz CT molecular complexity index is 738. The molecule has 0 aromatic heterocycles. The molecule has 0 atom stereocenters. The number of unbranched alkanes of at least 4 members (excludes halogenated alkanes) is 12. The number of hydrogen-bond acceptors (Lipinski definition) is 3. The minimum atomic E-state index is -7.43. The Morgan fingerprint density at radius 3 is 0.929 bits per heavy atom. The Kier molecular flexibility index (Phi) is 21.0. The van der Waals surface area contributed by atoms with Crippen LogP contribution in [0.1, 0.15) is 130 Å². The first-order valence-electron chi connectivity index (χ1n) is 15.2. The normalized spacial score (nSPS) is 13.7. The van der Waals surface area contributed by atoms with E-state index in [1.54, 1.807) is 0 Å². The maximum absolute atomic E-state index is 12.2. The van der Waals surface area contributed by atoms with Crippen molar-refractivity contribution in [2.24, 2.45) is 0 Å².